The van der Waals surface area contributed by atoms with Gasteiger partial charge in [0, 0.05) is 31.4 Å². The summed E-state index contributed by atoms with van der Waals surface area (Å²) in [5.41, 5.74) is 5.82. The van der Waals surface area contributed by atoms with Crippen molar-refractivity contribution in [3.63, 3.8) is 0 Å². The van der Waals surface area contributed by atoms with Crippen molar-refractivity contribution in [1.29, 1.82) is 5.26 Å². The number of ether oxygens (including phenoxy) is 1. The molecular formula is C28H30N6O2. The van der Waals surface area contributed by atoms with Crippen LogP contribution in [-0.4, -0.2) is 38.9 Å². The number of aromatic nitrogens is 4. The summed E-state index contributed by atoms with van der Waals surface area (Å²) in [5.74, 6) is 0.548. The van der Waals surface area contributed by atoms with Gasteiger partial charge in [-0.25, -0.2) is 4.98 Å². The average molecular weight is 483 g/mol. The Morgan fingerprint density at radius 1 is 1.08 bits per heavy atom. The fraction of sp³-hybridized carbons (Fsp3) is 0.321. The van der Waals surface area contributed by atoms with Gasteiger partial charge in [0.1, 0.15) is 11.4 Å². The Bertz CT molecular complexity index is 1440. The van der Waals surface area contributed by atoms with Gasteiger partial charge in [0.2, 0.25) is 0 Å². The van der Waals surface area contributed by atoms with E-state index < -0.39 is 5.41 Å². The van der Waals surface area contributed by atoms with Gasteiger partial charge in [0.25, 0.3) is 0 Å². The minimum atomic E-state index is -0.702. The SMILES string of the molecule is Cc1ncc(-c2ccnc(C(C)(C)C#N)c2)nc1-c1cc(-c2ccc(CNC3(C)COC3)cc2)no1.[HH]. The molecule has 0 aliphatic carbocycles. The Labute approximate surface area is 211 Å². The number of nitrogens with one attached hydrogen (secondary N) is 1. The molecule has 1 aromatic carbocycles. The highest BCUT2D eigenvalue weighted by molar-refractivity contribution is 5.68. The van der Waals surface area contributed by atoms with Crippen LogP contribution in [0.4, 0.5) is 0 Å². The zero-order chi connectivity index (χ0) is 25.3. The summed E-state index contributed by atoms with van der Waals surface area (Å²) in [6, 6.07) is 16.2. The average Bonchev–Trinajstić information content (AvgIpc) is 3.37. The minimum Gasteiger partial charge on any atom is -0.377 e. The summed E-state index contributed by atoms with van der Waals surface area (Å²) in [4.78, 5) is 13.7. The van der Waals surface area contributed by atoms with E-state index >= 15 is 0 Å². The van der Waals surface area contributed by atoms with E-state index in [9.17, 15) is 5.26 Å². The maximum Gasteiger partial charge on any atom is 0.187 e. The lowest BCUT2D eigenvalue weighted by molar-refractivity contribution is -0.0649. The third-order valence-corrected chi connectivity index (χ3v) is 6.48. The van der Waals surface area contributed by atoms with Crippen molar-refractivity contribution < 1.29 is 10.7 Å². The molecule has 4 heterocycles. The molecule has 8 heteroatoms. The van der Waals surface area contributed by atoms with E-state index in [2.05, 4.69) is 45.6 Å². The first-order valence-corrected chi connectivity index (χ1v) is 11.9. The second-order valence-electron chi connectivity index (χ2n) is 10.0. The number of benzene rings is 1. The molecule has 4 aromatic rings. The lowest BCUT2D eigenvalue weighted by Gasteiger charge is -2.39. The highest BCUT2D eigenvalue weighted by Gasteiger charge is 2.32. The fourth-order valence-corrected chi connectivity index (χ4v) is 3.95. The van der Waals surface area contributed by atoms with Crippen LogP contribution in [0.1, 0.15) is 39.1 Å². The number of rotatable bonds is 7. The maximum absolute atomic E-state index is 9.48. The van der Waals surface area contributed by atoms with E-state index in [4.69, 9.17) is 14.2 Å². The molecule has 8 nitrogen and oxygen atoms in total. The Morgan fingerprint density at radius 3 is 2.56 bits per heavy atom. The van der Waals surface area contributed by atoms with E-state index in [-0.39, 0.29) is 6.97 Å². The Hall–Kier alpha value is -3.93. The van der Waals surface area contributed by atoms with Gasteiger partial charge in [-0.1, -0.05) is 29.4 Å². The van der Waals surface area contributed by atoms with Gasteiger partial charge in [-0.05, 0) is 45.4 Å². The van der Waals surface area contributed by atoms with Crippen LogP contribution >= 0.6 is 0 Å². The Kier molecular flexibility index (Phi) is 6.12. The molecular weight excluding hydrogens is 452 g/mol. The largest absolute Gasteiger partial charge is 0.377 e. The third-order valence-electron chi connectivity index (χ3n) is 6.48. The summed E-state index contributed by atoms with van der Waals surface area (Å²) in [7, 11) is 0. The molecule has 5 rings (SSSR count). The van der Waals surface area contributed by atoms with E-state index in [1.54, 1.807) is 12.4 Å². The van der Waals surface area contributed by atoms with Crippen LogP contribution in [0.25, 0.3) is 34.0 Å². The highest BCUT2D eigenvalue weighted by atomic mass is 16.5. The summed E-state index contributed by atoms with van der Waals surface area (Å²) in [5, 5.41) is 17.3. The van der Waals surface area contributed by atoms with Gasteiger partial charge in [0.05, 0.1) is 53.5 Å². The van der Waals surface area contributed by atoms with Gasteiger partial charge >= 0.3 is 0 Å². The summed E-state index contributed by atoms with van der Waals surface area (Å²) in [6.07, 6.45) is 3.41. The minimum absolute atomic E-state index is 0. The van der Waals surface area contributed by atoms with E-state index in [1.807, 2.05) is 51.1 Å². The molecule has 1 saturated heterocycles. The second-order valence-corrected chi connectivity index (χ2v) is 10.0. The topological polar surface area (TPSA) is 110 Å². The first kappa shape index (κ1) is 23.8. The van der Waals surface area contributed by atoms with Gasteiger partial charge in [-0.15, -0.1) is 0 Å². The predicted octanol–water partition coefficient (Wildman–Crippen LogP) is 5.09. The van der Waals surface area contributed by atoms with Crippen LogP contribution in [0.2, 0.25) is 0 Å². The van der Waals surface area contributed by atoms with Crippen molar-refractivity contribution in [2.45, 2.75) is 45.2 Å². The van der Waals surface area contributed by atoms with Crippen molar-refractivity contribution in [3.8, 4) is 40.0 Å². The number of pyridine rings is 1. The molecule has 0 unspecified atom stereocenters. The first-order valence-electron chi connectivity index (χ1n) is 11.9. The third kappa shape index (κ3) is 4.76. The standard InChI is InChI=1S/C28H28N6O2.H2/c1-18-26(33-23(14-31-18)21-9-10-30-25(11-21)27(2,3)15-29)24-12-22(34-36-24)20-7-5-19(6-8-20)13-32-28(4)16-35-17-28;/h5-12,14,32H,13,16-17H2,1-4H3;1H. The van der Waals surface area contributed by atoms with Crippen LogP contribution in [0.5, 0.6) is 0 Å². The molecule has 0 spiro atoms. The summed E-state index contributed by atoms with van der Waals surface area (Å²) in [6.45, 7) is 10.0. The zero-order valence-electron chi connectivity index (χ0n) is 20.9. The van der Waals surface area contributed by atoms with Gasteiger partial charge < -0.3 is 14.6 Å². The van der Waals surface area contributed by atoms with Crippen molar-refractivity contribution >= 4 is 0 Å². The lowest BCUT2D eigenvalue weighted by Crippen LogP contribution is -2.57. The van der Waals surface area contributed by atoms with Gasteiger partial charge in [0.15, 0.2) is 5.76 Å². The molecule has 0 bridgehead atoms. The number of hydrogen-bond acceptors (Lipinski definition) is 8. The van der Waals surface area contributed by atoms with Gasteiger partial charge in [-0.3, -0.25) is 9.97 Å². The lowest BCUT2D eigenvalue weighted by atomic mass is 9.90. The summed E-state index contributed by atoms with van der Waals surface area (Å²) >= 11 is 0. The number of hydrogen-bond donors (Lipinski definition) is 1. The van der Waals surface area contributed by atoms with Crippen LogP contribution in [0.3, 0.4) is 0 Å². The van der Waals surface area contributed by atoms with E-state index in [0.29, 0.717) is 22.8 Å². The van der Waals surface area contributed by atoms with Crippen LogP contribution in [-0.2, 0) is 16.7 Å². The molecule has 3 aromatic heterocycles. The molecule has 1 aliphatic rings. The molecule has 1 N–H and O–H groups in total. The predicted molar refractivity (Wildman–Crippen MR) is 138 cm³/mol. The maximum atomic E-state index is 9.48. The smallest absolute Gasteiger partial charge is 0.187 e. The molecule has 0 atom stereocenters. The molecule has 0 radical (unpaired) electrons. The molecule has 1 fully saturated rings. The summed E-state index contributed by atoms with van der Waals surface area (Å²) < 4.78 is 11.0. The van der Waals surface area contributed by atoms with E-state index in [1.165, 1.54) is 5.56 Å². The zero-order valence-corrected chi connectivity index (χ0v) is 20.9. The first-order chi connectivity index (χ1) is 17.3. The number of nitriles is 1. The fourth-order valence-electron chi connectivity index (χ4n) is 3.95. The van der Waals surface area contributed by atoms with Crippen LogP contribution in [0, 0.1) is 18.3 Å². The van der Waals surface area contributed by atoms with E-state index in [0.717, 1.165) is 42.3 Å². The monoisotopic (exact) mass is 482 g/mol. The number of nitrogens with zero attached hydrogens (tertiary/aromatic N) is 5. The Balaban J connectivity index is 0.00000320. The molecule has 184 valence electrons. The highest BCUT2D eigenvalue weighted by Crippen LogP contribution is 2.30. The Morgan fingerprint density at radius 2 is 1.86 bits per heavy atom. The molecule has 1 aliphatic heterocycles. The van der Waals surface area contributed by atoms with Crippen LogP contribution < -0.4 is 5.32 Å². The number of aryl methyl sites for hydroxylation is 1. The van der Waals surface area contributed by atoms with Crippen molar-refractivity contribution in [3.05, 3.63) is 71.8 Å². The molecule has 0 saturated carbocycles. The van der Waals surface area contributed by atoms with Crippen molar-refractivity contribution in [1.82, 2.24) is 25.4 Å². The van der Waals surface area contributed by atoms with Gasteiger partial charge in [-0.2, -0.15) is 5.26 Å². The van der Waals surface area contributed by atoms with Crippen molar-refractivity contribution in [2.75, 3.05) is 13.2 Å². The second kappa shape index (κ2) is 9.26. The normalized spacial score (nSPS) is 14.8. The van der Waals surface area contributed by atoms with Crippen LogP contribution in [0.15, 0.2) is 59.4 Å². The molecule has 36 heavy (non-hydrogen) atoms. The quantitative estimate of drug-likeness (QED) is 0.388. The molecule has 0 amide bonds. The van der Waals surface area contributed by atoms with Crippen molar-refractivity contribution in [2.24, 2.45) is 0 Å².